The predicted octanol–water partition coefficient (Wildman–Crippen LogP) is 1.82. The number of amides is 2. The number of rotatable bonds is 4. The fraction of sp³-hybridized carbons (Fsp3) is 0.316. The van der Waals surface area contributed by atoms with Crippen molar-refractivity contribution < 1.29 is 9.59 Å². The van der Waals surface area contributed by atoms with Crippen molar-refractivity contribution in [1.82, 2.24) is 30.3 Å². The third-order valence-electron chi connectivity index (χ3n) is 5.10. The summed E-state index contributed by atoms with van der Waals surface area (Å²) in [6, 6.07) is 11.3. The molecule has 9 heteroatoms. The molecule has 0 atom stereocenters. The molecule has 2 amide bonds. The Balaban J connectivity index is 1.39. The first-order valence-corrected chi connectivity index (χ1v) is 9.16. The van der Waals surface area contributed by atoms with Gasteiger partial charge in [-0.3, -0.25) is 19.8 Å². The lowest BCUT2D eigenvalue weighted by Crippen LogP contribution is -2.38. The first-order valence-electron chi connectivity index (χ1n) is 9.16. The van der Waals surface area contributed by atoms with Gasteiger partial charge in [0.15, 0.2) is 5.69 Å². The second-order valence-electron chi connectivity index (χ2n) is 6.81. The molecule has 0 aliphatic carbocycles. The Bertz CT molecular complexity index is 944. The molecule has 0 unspecified atom stereocenters. The molecule has 144 valence electrons. The quantitative estimate of drug-likeness (QED) is 0.718. The van der Waals surface area contributed by atoms with E-state index in [1.165, 1.54) is 6.33 Å². The predicted molar refractivity (Wildman–Crippen MR) is 102 cm³/mol. The summed E-state index contributed by atoms with van der Waals surface area (Å²) in [6.45, 7) is 1.24. The molecule has 0 radical (unpaired) electrons. The number of aromatic amines is 2. The van der Waals surface area contributed by atoms with E-state index in [1.807, 2.05) is 36.4 Å². The van der Waals surface area contributed by atoms with E-state index in [4.69, 9.17) is 0 Å². The highest BCUT2D eigenvalue weighted by Crippen LogP contribution is 2.28. The minimum Gasteiger partial charge on any atom is -0.336 e. The zero-order valence-corrected chi connectivity index (χ0v) is 15.5. The topological polar surface area (TPSA) is 111 Å². The van der Waals surface area contributed by atoms with Gasteiger partial charge in [-0.2, -0.15) is 10.2 Å². The summed E-state index contributed by atoms with van der Waals surface area (Å²) in [5.74, 6) is 0.194. The average Bonchev–Trinajstić information content (AvgIpc) is 3.45. The summed E-state index contributed by atoms with van der Waals surface area (Å²) >= 11 is 0. The summed E-state index contributed by atoms with van der Waals surface area (Å²) in [7, 11) is 1.74. The van der Waals surface area contributed by atoms with E-state index in [0.29, 0.717) is 18.8 Å². The van der Waals surface area contributed by atoms with Crippen LogP contribution < -0.4 is 4.90 Å². The largest absolute Gasteiger partial charge is 0.336 e. The lowest BCUT2D eigenvalue weighted by Gasteiger charge is -2.30. The summed E-state index contributed by atoms with van der Waals surface area (Å²) in [4.78, 5) is 32.3. The van der Waals surface area contributed by atoms with Crippen molar-refractivity contribution in [2.45, 2.75) is 18.8 Å². The van der Waals surface area contributed by atoms with Gasteiger partial charge in [-0.25, -0.2) is 4.98 Å². The van der Waals surface area contributed by atoms with E-state index in [9.17, 15) is 9.59 Å². The fourth-order valence-electron chi connectivity index (χ4n) is 3.45. The average molecular weight is 379 g/mol. The van der Waals surface area contributed by atoms with Gasteiger partial charge >= 0.3 is 0 Å². The monoisotopic (exact) mass is 379 g/mol. The molecule has 1 aromatic carbocycles. The third kappa shape index (κ3) is 3.51. The van der Waals surface area contributed by atoms with Crippen LogP contribution in [0.5, 0.6) is 0 Å². The maximum Gasteiger partial charge on any atom is 0.291 e. The van der Waals surface area contributed by atoms with Gasteiger partial charge in [0.1, 0.15) is 6.33 Å². The van der Waals surface area contributed by atoms with Crippen LogP contribution >= 0.6 is 0 Å². The number of para-hydroxylation sites is 1. The van der Waals surface area contributed by atoms with Crippen molar-refractivity contribution in [1.29, 1.82) is 0 Å². The molecule has 1 aliphatic rings. The molecule has 4 rings (SSSR count). The van der Waals surface area contributed by atoms with Crippen LogP contribution in [0.25, 0.3) is 0 Å². The third-order valence-corrected chi connectivity index (χ3v) is 5.10. The molecule has 1 aliphatic heterocycles. The summed E-state index contributed by atoms with van der Waals surface area (Å²) in [5.41, 5.74) is 2.13. The van der Waals surface area contributed by atoms with Gasteiger partial charge in [0.25, 0.3) is 11.8 Å². The van der Waals surface area contributed by atoms with E-state index >= 15 is 0 Å². The van der Waals surface area contributed by atoms with Gasteiger partial charge in [-0.1, -0.05) is 18.2 Å². The van der Waals surface area contributed by atoms with Crippen LogP contribution in [0, 0.1) is 0 Å². The number of carbonyl (C=O) groups is 2. The zero-order chi connectivity index (χ0) is 19.5. The van der Waals surface area contributed by atoms with Crippen LogP contribution in [-0.4, -0.2) is 62.2 Å². The van der Waals surface area contributed by atoms with E-state index in [1.54, 1.807) is 16.8 Å². The number of carbonyl (C=O) groups excluding carboxylic acids is 2. The Hall–Kier alpha value is -3.49. The Morgan fingerprint density at radius 3 is 2.57 bits per heavy atom. The molecular formula is C19H21N7O2. The van der Waals surface area contributed by atoms with Crippen molar-refractivity contribution in [2.24, 2.45) is 0 Å². The lowest BCUT2D eigenvalue weighted by atomic mass is 9.93. The Labute approximate surface area is 161 Å². The van der Waals surface area contributed by atoms with Gasteiger partial charge in [0.2, 0.25) is 5.82 Å². The first kappa shape index (κ1) is 17.9. The first-order chi connectivity index (χ1) is 13.6. The van der Waals surface area contributed by atoms with Crippen molar-refractivity contribution in [3.8, 4) is 0 Å². The minimum atomic E-state index is -0.161. The van der Waals surface area contributed by atoms with E-state index in [2.05, 4.69) is 25.4 Å². The van der Waals surface area contributed by atoms with Crippen LogP contribution in [0.3, 0.4) is 0 Å². The number of aromatic nitrogens is 5. The van der Waals surface area contributed by atoms with Crippen LogP contribution in [0.1, 0.15) is 45.6 Å². The fourth-order valence-corrected chi connectivity index (χ4v) is 3.45. The van der Waals surface area contributed by atoms with Gasteiger partial charge in [-0.15, -0.1) is 0 Å². The molecular weight excluding hydrogens is 358 g/mol. The SMILES string of the molecule is CN(C(=O)c1cc(C2CCN(C(=O)c3ncn[nH]3)CC2)[nH]n1)c1ccccc1. The van der Waals surface area contributed by atoms with E-state index in [-0.39, 0.29) is 23.6 Å². The number of hydrogen-bond donors (Lipinski definition) is 2. The maximum atomic E-state index is 12.7. The number of benzene rings is 1. The van der Waals surface area contributed by atoms with Crippen LogP contribution in [0.2, 0.25) is 0 Å². The summed E-state index contributed by atoms with van der Waals surface area (Å²) < 4.78 is 0. The molecule has 1 fully saturated rings. The molecule has 2 aromatic heterocycles. The second kappa shape index (κ2) is 7.63. The van der Waals surface area contributed by atoms with Crippen LogP contribution in [0.4, 0.5) is 5.69 Å². The highest BCUT2D eigenvalue weighted by molar-refractivity contribution is 6.04. The standard InChI is InChI=1S/C19H21N7O2/c1-25(14-5-3-2-4-6-14)18(27)16-11-15(22-23-16)13-7-9-26(10-8-13)19(28)17-20-12-21-24-17/h2-6,11-13H,7-10H2,1H3,(H,22,23)(H,20,21,24). The number of hydrogen-bond acceptors (Lipinski definition) is 5. The van der Waals surface area contributed by atoms with Crippen LogP contribution in [0.15, 0.2) is 42.7 Å². The summed E-state index contributed by atoms with van der Waals surface area (Å²) in [6.07, 6.45) is 2.92. The Morgan fingerprint density at radius 2 is 1.89 bits per heavy atom. The second-order valence-corrected chi connectivity index (χ2v) is 6.81. The zero-order valence-electron chi connectivity index (χ0n) is 15.5. The highest BCUT2D eigenvalue weighted by atomic mass is 16.2. The highest BCUT2D eigenvalue weighted by Gasteiger charge is 2.27. The number of piperidine rings is 1. The van der Waals surface area contributed by atoms with Gasteiger partial charge in [0, 0.05) is 37.4 Å². The number of H-pyrrole nitrogens is 2. The number of nitrogens with zero attached hydrogens (tertiary/aromatic N) is 5. The Kier molecular flexibility index (Phi) is 4.88. The lowest BCUT2D eigenvalue weighted by molar-refractivity contribution is 0.0700. The van der Waals surface area contributed by atoms with Gasteiger partial charge in [-0.05, 0) is 31.0 Å². The van der Waals surface area contributed by atoms with E-state index < -0.39 is 0 Å². The van der Waals surface area contributed by atoms with Gasteiger partial charge in [0.05, 0.1) is 0 Å². The Morgan fingerprint density at radius 1 is 1.14 bits per heavy atom. The summed E-state index contributed by atoms with van der Waals surface area (Å²) in [5, 5.41) is 13.5. The van der Waals surface area contributed by atoms with Crippen molar-refractivity contribution in [2.75, 3.05) is 25.0 Å². The molecule has 0 spiro atoms. The molecule has 28 heavy (non-hydrogen) atoms. The molecule has 0 saturated carbocycles. The number of anilines is 1. The minimum absolute atomic E-state index is 0.138. The number of likely N-dealkylation sites (tertiary alicyclic amines) is 1. The number of nitrogens with one attached hydrogen (secondary N) is 2. The molecule has 3 aromatic rings. The normalized spacial score (nSPS) is 14.8. The molecule has 9 nitrogen and oxygen atoms in total. The van der Waals surface area contributed by atoms with Crippen molar-refractivity contribution in [3.63, 3.8) is 0 Å². The maximum absolute atomic E-state index is 12.7. The van der Waals surface area contributed by atoms with Crippen molar-refractivity contribution in [3.05, 3.63) is 59.9 Å². The molecule has 1 saturated heterocycles. The smallest absolute Gasteiger partial charge is 0.291 e. The van der Waals surface area contributed by atoms with Crippen molar-refractivity contribution >= 4 is 17.5 Å². The molecule has 0 bridgehead atoms. The molecule has 2 N–H and O–H groups in total. The van der Waals surface area contributed by atoms with Gasteiger partial charge < -0.3 is 9.80 Å². The van der Waals surface area contributed by atoms with E-state index in [0.717, 1.165) is 24.2 Å². The molecule has 3 heterocycles. The van der Waals surface area contributed by atoms with Crippen LogP contribution in [-0.2, 0) is 0 Å².